The third-order valence-electron chi connectivity index (χ3n) is 5.82. The van der Waals surface area contributed by atoms with Gasteiger partial charge in [0.15, 0.2) is 11.6 Å². The molecule has 3 aromatic heterocycles. The van der Waals surface area contributed by atoms with Crippen molar-refractivity contribution in [1.29, 1.82) is 0 Å². The smallest absolute Gasteiger partial charge is 0.224 e. The third kappa shape index (κ3) is 4.33. The zero-order chi connectivity index (χ0) is 24.7. The van der Waals surface area contributed by atoms with Gasteiger partial charge in [-0.05, 0) is 62.7 Å². The van der Waals surface area contributed by atoms with Gasteiger partial charge in [0, 0.05) is 29.4 Å². The molecule has 11 heteroatoms. The lowest BCUT2D eigenvalue weighted by Gasteiger charge is -2.13. The van der Waals surface area contributed by atoms with E-state index in [1.807, 2.05) is 43.3 Å². The van der Waals surface area contributed by atoms with Crippen LogP contribution in [-0.4, -0.2) is 47.6 Å². The fourth-order valence-corrected chi connectivity index (χ4v) is 3.98. The van der Waals surface area contributed by atoms with Gasteiger partial charge in [-0.2, -0.15) is 0 Å². The number of nitrogens with zero attached hydrogens (tertiary/aromatic N) is 7. The van der Waals surface area contributed by atoms with E-state index in [0.29, 0.717) is 23.1 Å². The summed E-state index contributed by atoms with van der Waals surface area (Å²) in [5.41, 5.74) is 4.11. The van der Waals surface area contributed by atoms with Crippen LogP contribution in [0.15, 0.2) is 66.4 Å². The van der Waals surface area contributed by atoms with Crippen molar-refractivity contribution in [3.8, 4) is 11.6 Å². The van der Waals surface area contributed by atoms with E-state index in [4.69, 9.17) is 4.74 Å². The molecule has 0 bridgehead atoms. The molecule has 1 aliphatic heterocycles. The van der Waals surface area contributed by atoms with Crippen LogP contribution in [0.3, 0.4) is 0 Å². The molecule has 180 valence electrons. The molecule has 2 aromatic carbocycles. The van der Waals surface area contributed by atoms with E-state index in [9.17, 15) is 0 Å². The molecule has 0 saturated carbocycles. The minimum Gasteiger partial charge on any atom is -0.439 e. The number of guanidine groups is 1. The molecule has 0 unspecified atom stereocenters. The summed E-state index contributed by atoms with van der Waals surface area (Å²) < 4.78 is 7.71. The third-order valence-corrected chi connectivity index (χ3v) is 5.82. The van der Waals surface area contributed by atoms with Crippen molar-refractivity contribution >= 4 is 39.7 Å². The molecule has 5 aromatic rings. The Morgan fingerprint density at radius 2 is 1.83 bits per heavy atom. The number of hydrogen-bond donors (Lipinski definition) is 3. The van der Waals surface area contributed by atoms with Crippen molar-refractivity contribution in [1.82, 2.24) is 34.9 Å². The number of aromatic nitrogens is 6. The summed E-state index contributed by atoms with van der Waals surface area (Å²) in [6.07, 6.45) is 4.77. The second kappa shape index (κ2) is 8.45. The SMILES string of the molecule is Cc1cc(Nc2ncnc3ccc(NC4=NC(C)(C)CN4)cc23)ccc1Oc1cc2nncn2cn1. The van der Waals surface area contributed by atoms with E-state index in [0.717, 1.165) is 40.3 Å². The normalized spacial score (nSPS) is 14.5. The fourth-order valence-electron chi connectivity index (χ4n) is 3.98. The van der Waals surface area contributed by atoms with Crippen LogP contribution in [-0.2, 0) is 0 Å². The topological polar surface area (TPSA) is 127 Å². The molecule has 4 heterocycles. The molecule has 3 N–H and O–H groups in total. The van der Waals surface area contributed by atoms with Crippen LogP contribution in [0.25, 0.3) is 16.6 Å². The number of fused-ring (bicyclic) bond motifs is 2. The summed E-state index contributed by atoms with van der Waals surface area (Å²) in [7, 11) is 0. The maximum atomic E-state index is 5.98. The Labute approximate surface area is 206 Å². The zero-order valence-electron chi connectivity index (χ0n) is 20.0. The second-order valence-electron chi connectivity index (χ2n) is 9.24. The minimum absolute atomic E-state index is 0.123. The zero-order valence-corrected chi connectivity index (χ0v) is 20.0. The number of nitrogens with one attached hydrogen (secondary N) is 3. The van der Waals surface area contributed by atoms with E-state index in [2.05, 4.69) is 59.9 Å². The summed E-state index contributed by atoms with van der Waals surface area (Å²) in [6, 6.07) is 13.5. The van der Waals surface area contributed by atoms with Crippen LogP contribution in [0.1, 0.15) is 19.4 Å². The first kappa shape index (κ1) is 21.7. The number of aliphatic imine (C=N–C) groups is 1. The Balaban J connectivity index is 1.23. The molecular weight excluding hydrogens is 456 g/mol. The molecule has 0 fully saturated rings. The Bertz CT molecular complexity index is 1620. The largest absolute Gasteiger partial charge is 0.439 e. The first-order valence-electron chi connectivity index (χ1n) is 11.5. The molecule has 0 aliphatic carbocycles. The van der Waals surface area contributed by atoms with Gasteiger partial charge in [-0.3, -0.25) is 4.40 Å². The van der Waals surface area contributed by atoms with Crippen molar-refractivity contribution in [3.05, 3.63) is 67.0 Å². The van der Waals surface area contributed by atoms with Gasteiger partial charge >= 0.3 is 0 Å². The van der Waals surface area contributed by atoms with Crippen molar-refractivity contribution in [2.75, 3.05) is 17.2 Å². The molecule has 0 amide bonds. The van der Waals surface area contributed by atoms with Crippen LogP contribution in [0.5, 0.6) is 11.6 Å². The number of rotatable bonds is 5. The van der Waals surface area contributed by atoms with Gasteiger partial charge in [0.1, 0.15) is 30.5 Å². The number of ether oxygens (including phenoxy) is 1. The van der Waals surface area contributed by atoms with E-state index in [1.54, 1.807) is 29.4 Å². The highest BCUT2D eigenvalue weighted by Gasteiger charge is 2.24. The number of aryl methyl sites for hydroxylation is 1. The van der Waals surface area contributed by atoms with Gasteiger partial charge in [-0.1, -0.05) is 0 Å². The van der Waals surface area contributed by atoms with Gasteiger partial charge in [-0.25, -0.2) is 19.9 Å². The maximum absolute atomic E-state index is 5.98. The number of benzene rings is 2. The van der Waals surface area contributed by atoms with Gasteiger partial charge in [0.05, 0.1) is 11.1 Å². The quantitative estimate of drug-likeness (QED) is 0.341. The first-order chi connectivity index (χ1) is 17.4. The molecule has 0 spiro atoms. The summed E-state index contributed by atoms with van der Waals surface area (Å²) >= 11 is 0. The number of hydrogen-bond acceptors (Lipinski definition) is 10. The standard InChI is InChI=1S/C25H24N10O/c1-15-8-16(5-7-20(15)36-22-10-21-34-30-14-35(21)13-29-22)31-23-18-9-17(4-6-19(18)27-12-28-23)32-24-26-11-25(2,3)33-24/h4-10,12-14H,11H2,1-3H3,(H2,26,32,33)(H,27,28,31). The van der Waals surface area contributed by atoms with Crippen molar-refractivity contribution < 1.29 is 4.74 Å². The lowest BCUT2D eigenvalue weighted by molar-refractivity contribution is 0.458. The van der Waals surface area contributed by atoms with E-state index in [-0.39, 0.29) is 5.54 Å². The van der Waals surface area contributed by atoms with Crippen LogP contribution >= 0.6 is 0 Å². The minimum atomic E-state index is -0.123. The van der Waals surface area contributed by atoms with E-state index >= 15 is 0 Å². The molecule has 0 radical (unpaired) electrons. The maximum Gasteiger partial charge on any atom is 0.224 e. The van der Waals surface area contributed by atoms with Crippen molar-refractivity contribution in [2.45, 2.75) is 26.3 Å². The Morgan fingerprint density at radius 3 is 2.67 bits per heavy atom. The highest BCUT2D eigenvalue weighted by molar-refractivity contribution is 5.99. The molecular formula is C25H24N10O. The Morgan fingerprint density at radius 1 is 0.972 bits per heavy atom. The lowest BCUT2D eigenvalue weighted by atomic mass is 10.1. The fraction of sp³-hybridized carbons (Fsp3) is 0.200. The summed E-state index contributed by atoms with van der Waals surface area (Å²) in [5.74, 6) is 2.61. The van der Waals surface area contributed by atoms with Crippen LogP contribution < -0.4 is 20.7 Å². The summed E-state index contributed by atoms with van der Waals surface area (Å²) in [5, 5.41) is 18.9. The van der Waals surface area contributed by atoms with Gasteiger partial charge in [-0.15, -0.1) is 10.2 Å². The lowest BCUT2D eigenvalue weighted by Crippen LogP contribution is -2.29. The van der Waals surface area contributed by atoms with Gasteiger partial charge in [0.2, 0.25) is 5.88 Å². The monoisotopic (exact) mass is 480 g/mol. The molecule has 6 rings (SSSR count). The Hall–Kier alpha value is -4.80. The molecule has 11 nitrogen and oxygen atoms in total. The van der Waals surface area contributed by atoms with Crippen LogP contribution in [0.2, 0.25) is 0 Å². The Kier molecular flexibility index (Phi) is 5.10. The average molecular weight is 481 g/mol. The second-order valence-corrected chi connectivity index (χ2v) is 9.24. The molecule has 0 atom stereocenters. The summed E-state index contributed by atoms with van der Waals surface area (Å²) in [4.78, 5) is 17.9. The van der Waals surface area contributed by atoms with Crippen LogP contribution in [0, 0.1) is 6.92 Å². The van der Waals surface area contributed by atoms with Crippen LogP contribution in [0.4, 0.5) is 17.2 Å². The summed E-state index contributed by atoms with van der Waals surface area (Å²) in [6.45, 7) is 6.96. The van der Waals surface area contributed by atoms with E-state index in [1.165, 1.54) is 0 Å². The predicted octanol–water partition coefficient (Wildman–Crippen LogP) is 4.06. The van der Waals surface area contributed by atoms with Crippen molar-refractivity contribution in [2.24, 2.45) is 4.99 Å². The molecule has 0 saturated heterocycles. The van der Waals surface area contributed by atoms with Gasteiger partial charge in [0.25, 0.3) is 0 Å². The first-order valence-corrected chi connectivity index (χ1v) is 11.5. The predicted molar refractivity (Wildman–Crippen MR) is 138 cm³/mol. The number of anilines is 3. The van der Waals surface area contributed by atoms with E-state index < -0.39 is 0 Å². The van der Waals surface area contributed by atoms with Crippen molar-refractivity contribution in [3.63, 3.8) is 0 Å². The molecule has 36 heavy (non-hydrogen) atoms. The molecule has 1 aliphatic rings. The average Bonchev–Trinajstić information content (AvgIpc) is 3.46. The van der Waals surface area contributed by atoms with Gasteiger partial charge < -0.3 is 20.7 Å². The highest BCUT2D eigenvalue weighted by atomic mass is 16.5. The highest BCUT2D eigenvalue weighted by Crippen LogP contribution is 2.30.